The lowest BCUT2D eigenvalue weighted by Gasteiger charge is -2.00. The van der Waals surface area contributed by atoms with Crippen LogP contribution >= 0.6 is 34.8 Å². The third-order valence-corrected chi connectivity index (χ3v) is 4.15. The minimum absolute atomic E-state index is 0.0244. The van der Waals surface area contributed by atoms with E-state index in [2.05, 4.69) is 10.1 Å². The van der Waals surface area contributed by atoms with E-state index in [0.717, 1.165) is 0 Å². The van der Waals surface area contributed by atoms with Gasteiger partial charge >= 0.3 is 0 Å². The molecule has 1 aromatic heterocycles. The van der Waals surface area contributed by atoms with Crippen molar-refractivity contribution in [2.24, 2.45) is 0 Å². The minimum atomic E-state index is -0.586. The SMILES string of the molecule is O=[N+]([O-])c1cc(-c2nc(-c3cccc(Cl)c3Cl)no2)ccc1Cl. The van der Waals surface area contributed by atoms with E-state index in [1.54, 1.807) is 24.3 Å². The number of aromatic nitrogens is 2. The number of rotatable bonds is 3. The Bertz CT molecular complexity index is 911. The number of nitro groups is 1. The van der Waals surface area contributed by atoms with Gasteiger partial charge in [0.25, 0.3) is 11.6 Å². The Balaban J connectivity index is 2.04. The van der Waals surface area contributed by atoms with Crippen LogP contribution in [0, 0.1) is 10.1 Å². The van der Waals surface area contributed by atoms with E-state index in [0.29, 0.717) is 21.2 Å². The molecule has 116 valence electrons. The normalized spacial score (nSPS) is 10.7. The predicted octanol–water partition coefficient (Wildman–Crippen LogP) is 5.27. The molecular formula is C14H6Cl3N3O3. The van der Waals surface area contributed by atoms with Crippen LogP contribution in [0.15, 0.2) is 40.9 Å². The maximum absolute atomic E-state index is 10.9. The molecule has 9 heteroatoms. The van der Waals surface area contributed by atoms with Crippen LogP contribution in [0.3, 0.4) is 0 Å². The van der Waals surface area contributed by atoms with Crippen LogP contribution in [0.1, 0.15) is 0 Å². The lowest BCUT2D eigenvalue weighted by Crippen LogP contribution is -1.90. The van der Waals surface area contributed by atoms with E-state index in [1.807, 2.05) is 0 Å². The van der Waals surface area contributed by atoms with Crippen molar-refractivity contribution in [2.75, 3.05) is 0 Å². The van der Waals surface area contributed by atoms with Gasteiger partial charge in [-0.15, -0.1) is 0 Å². The molecule has 0 fully saturated rings. The molecule has 3 rings (SSSR count). The molecule has 0 aliphatic heterocycles. The fraction of sp³-hybridized carbons (Fsp3) is 0. The third-order valence-electron chi connectivity index (χ3n) is 3.01. The van der Waals surface area contributed by atoms with E-state index in [-0.39, 0.29) is 22.4 Å². The quantitative estimate of drug-likeness (QED) is 0.463. The molecule has 0 aliphatic rings. The molecule has 0 amide bonds. The maximum atomic E-state index is 10.9. The molecule has 0 radical (unpaired) electrons. The highest BCUT2D eigenvalue weighted by molar-refractivity contribution is 6.43. The zero-order valence-corrected chi connectivity index (χ0v) is 13.4. The summed E-state index contributed by atoms with van der Waals surface area (Å²) in [5, 5.41) is 15.4. The molecule has 23 heavy (non-hydrogen) atoms. The molecule has 1 heterocycles. The highest BCUT2D eigenvalue weighted by Gasteiger charge is 2.18. The van der Waals surface area contributed by atoms with Crippen LogP contribution < -0.4 is 0 Å². The van der Waals surface area contributed by atoms with Crippen LogP contribution in [0.5, 0.6) is 0 Å². The van der Waals surface area contributed by atoms with Gasteiger partial charge < -0.3 is 4.52 Å². The van der Waals surface area contributed by atoms with Gasteiger partial charge in [-0.3, -0.25) is 10.1 Å². The van der Waals surface area contributed by atoms with Crippen molar-refractivity contribution in [2.45, 2.75) is 0 Å². The standard InChI is InChI=1S/C14H6Cl3N3O3/c15-9-5-4-7(6-11(9)20(21)22)14-18-13(19-23-14)8-2-1-3-10(16)12(8)17/h1-6H. The van der Waals surface area contributed by atoms with Crippen LogP contribution in [-0.4, -0.2) is 15.1 Å². The number of hydrogen-bond acceptors (Lipinski definition) is 5. The fourth-order valence-electron chi connectivity index (χ4n) is 1.91. The van der Waals surface area contributed by atoms with Gasteiger partial charge in [0.05, 0.1) is 15.0 Å². The summed E-state index contributed by atoms with van der Waals surface area (Å²) in [5.41, 5.74) is 0.625. The van der Waals surface area contributed by atoms with Gasteiger partial charge in [-0.1, -0.05) is 46.0 Å². The summed E-state index contributed by atoms with van der Waals surface area (Å²) in [4.78, 5) is 14.5. The van der Waals surface area contributed by atoms with E-state index in [1.165, 1.54) is 12.1 Å². The zero-order valence-electron chi connectivity index (χ0n) is 11.2. The van der Waals surface area contributed by atoms with E-state index in [4.69, 9.17) is 39.3 Å². The van der Waals surface area contributed by atoms with Crippen molar-refractivity contribution < 1.29 is 9.45 Å². The summed E-state index contributed by atoms with van der Waals surface area (Å²) in [6.45, 7) is 0. The molecule has 6 nitrogen and oxygen atoms in total. The van der Waals surface area contributed by atoms with Crippen molar-refractivity contribution in [3.05, 3.63) is 61.6 Å². The lowest BCUT2D eigenvalue weighted by atomic mass is 10.2. The second-order valence-electron chi connectivity index (χ2n) is 4.45. The van der Waals surface area contributed by atoms with Crippen molar-refractivity contribution in [1.82, 2.24) is 10.1 Å². The molecule has 3 aromatic rings. The average Bonchev–Trinajstić information content (AvgIpc) is 3.00. The third kappa shape index (κ3) is 3.01. The highest BCUT2D eigenvalue weighted by Crippen LogP contribution is 2.34. The van der Waals surface area contributed by atoms with Crippen molar-refractivity contribution >= 4 is 40.5 Å². The Kier molecular flexibility index (Phi) is 4.21. The van der Waals surface area contributed by atoms with Crippen molar-refractivity contribution in [1.29, 1.82) is 0 Å². The smallest absolute Gasteiger partial charge is 0.288 e. The molecule has 0 aliphatic carbocycles. The van der Waals surface area contributed by atoms with Gasteiger partial charge in [0, 0.05) is 17.2 Å². The van der Waals surface area contributed by atoms with Crippen LogP contribution in [0.4, 0.5) is 5.69 Å². The Morgan fingerprint density at radius 2 is 1.87 bits per heavy atom. The maximum Gasteiger partial charge on any atom is 0.288 e. The van der Waals surface area contributed by atoms with Gasteiger partial charge in [0.1, 0.15) is 5.02 Å². The summed E-state index contributed by atoms with van der Waals surface area (Å²) in [6, 6.07) is 9.23. The molecule has 0 saturated carbocycles. The van der Waals surface area contributed by atoms with Crippen LogP contribution in [-0.2, 0) is 0 Å². The largest absolute Gasteiger partial charge is 0.334 e. The van der Waals surface area contributed by atoms with Gasteiger partial charge in [-0.2, -0.15) is 4.98 Å². The number of benzene rings is 2. The first kappa shape index (κ1) is 15.7. The van der Waals surface area contributed by atoms with Gasteiger partial charge in [-0.05, 0) is 24.3 Å². The van der Waals surface area contributed by atoms with E-state index in [9.17, 15) is 10.1 Å². The molecule has 0 bridgehead atoms. The van der Waals surface area contributed by atoms with Gasteiger partial charge in [0.15, 0.2) is 0 Å². The summed E-state index contributed by atoms with van der Waals surface area (Å²) < 4.78 is 5.15. The molecular weight excluding hydrogens is 365 g/mol. The first-order valence-electron chi connectivity index (χ1n) is 6.20. The van der Waals surface area contributed by atoms with Crippen molar-refractivity contribution in [3.8, 4) is 22.8 Å². The second kappa shape index (κ2) is 6.16. The summed E-state index contributed by atoms with van der Waals surface area (Å²) in [6.07, 6.45) is 0. The molecule has 0 atom stereocenters. The Hall–Kier alpha value is -2.15. The Labute approximate surface area is 144 Å². The summed E-state index contributed by atoms with van der Waals surface area (Å²) in [7, 11) is 0. The first-order valence-corrected chi connectivity index (χ1v) is 7.33. The monoisotopic (exact) mass is 369 g/mol. The first-order chi connectivity index (χ1) is 11.0. The lowest BCUT2D eigenvalue weighted by molar-refractivity contribution is -0.384. The minimum Gasteiger partial charge on any atom is -0.334 e. The van der Waals surface area contributed by atoms with E-state index < -0.39 is 4.92 Å². The van der Waals surface area contributed by atoms with E-state index >= 15 is 0 Å². The Morgan fingerprint density at radius 1 is 1.09 bits per heavy atom. The van der Waals surface area contributed by atoms with Gasteiger partial charge in [0.2, 0.25) is 5.82 Å². The zero-order chi connectivity index (χ0) is 16.6. The number of nitro benzene ring substituents is 1. The predicted molar refractivity (Wildman–Crippen MR) is 86.9 cm³/mol. The van der Waals surface area contributed by atoms with Crippen molar-refractivity contribution in [3.63, 3.8) is 0 Å². The van der Waals surface area contributed by atoms with Crippen LogP contribution in [0.25, 0.3) is 22.8 Å². The molecule has 0 N–H and O–H groups in total. The van der Waals surface area contributed by atoms with Crippen LogP contribution in [0.2, 0.25) is 15.1 Å². The number of halogens is 3. The number of nitrogens with zero attached hydrogens (tertiary/aromatic N) is 3. The average molecular weight is 371 g/mol. The fourth-order valence-corrected chi connectivity index (χ4v) is 2.48. The highest BCUT2D eigenvalue weighted by atomic mass is 35.5. The van der Waals surface area contributed by atoms with Gasteiger partial charge in [-0.25, -0.2) is 0 Å². The Morgan fingerprint density at radius 3 is 2.61 bits per heavy atom. The molecule has 0 unspecified atom stereocenters. The molecule has 2 aromatic carbocycles. The summed E-state index contributed by atoms with van der Waals surface area (Å²) >= 11 is 17.8. The number of hydrogen-bond donors (Lipinski definition) is 0. The molecule has 0 spiro atoms. The second-order valence-corrected chi connectivity index (χ2v) is 5.64. The topological polar surface area (TPSA) is 82.1 Å². The molecule has 0 saturated heterocycles. The summed E-state index contributed by atoms with van der Waals surface area (Å²) in [5.74, 6) is 0.334.